The van der Waals surface area contributed by atoms with Gasteiger partial charge in [0.25, 0.3) is 0 Å². The van der Waals surface area contributed by atoms with Crippen LogP contribution in [0.2, 0.25) is 5.02 Å². The minimum atomic E-state index is -0.206. The molecule has 0 N–H and O–H groups in total. The molecule has 0 aliphatic rings. The summed E-state index contributed by atoms with van der Waals surface area (Å²) in [4.78, 5) is 0. The Kier molecular flexibility index (Phi) is 5.43. The van der Waals surface area contributed by atoms with Gasteiger partial charge in [-0.05, 0) is 53.8 Å². The van der Waals surface area contributed by atoms with Crippen LogP contribution >= 0.6 is 43.5 Å². The molecule has 19 heavy (non-hydrogen) atoms. The molecular weight excluding hydrogens is 394 g/mol. The molecule has 2 aromatic rings. The molecule has 0 aliphatic carbocycles. The summed E-state index contributed by atoms with van der Waals surface area (Å²) in [6.07, 6.45) is 0.769. The van der Waals surface area contributed by atoms with Crippen LogP contribution in [0.1, 0.15) is 17.0 Å². The molecule has 0 spiro atoms. The van der Waals surface area contributed by atoms with Crippen LogP contribution in [0.3, 0.4) is 0 Å². The third-order valence-corrected chi connectivity index (χ3v) is 4.81. The van der Waals surface area contributed by atoms with Crippen molar-refractivity contribution < 1.29 is 4.39 Å². The Labute approximate surface area is 134 Å². The molecule has 100 valence electrons. The van der Waals surface area contributed by atoms with E-state index in [0.29, 0.717) is 0 Å². The summed E-state index contributed by atoms with van der Waals surface area (Å²) in [5.74, 6) is 0.0815. The second kappa shape index (κ2) is 6.87. The van der Waals surface area contributed by atoms with Crippen molar-refractivity contribution in [1.29, 1.82) is 0 Å². The van der Waals surface area contributed by atoms with Crippen molar-refractivity contribution in [1.82, 2.24) is 0 Å². The van der Waals surface area contributed by atoms with Crippen molar-refractivity contribution >= 4 is 43.5 Å². The van der Waals surface area contributed by atoms with E-state index in [4.69, 9.17) is 11.6 Å². The van der Waals surface area contributed by atoms with E-state index in [1.165, 1.54) is 11.6 Å². The molecule has 0 aromatic heterocycles. The highest BCUT2D eigenvalue weighted by Crippen LogP contribution is 2.28. The highest BCUT2D eigenvalue weighted by molar-refractivity contribution is 9.10. The summed E-state index contributed by atoms with van der Waals surface area (Å²) in [5, 5.41) is 1.54. The van der Waals surface area contributed by atoms with E-state index in [9.17, 15) is 4.39 Å². The molecule has 0 saturated heterocycles. The van der Waals surface area contributed by atoms with Crippen LogP contribution < -0.4 is 0 Å². The molecule has 2 aromatic carbocycles. The minimum absolute atomic E-state index is 0.206. The van der Waals surface area contributed by atoms with E-state index < -0.39 is 0 Å². The van der Waals surface area contributed by atoms with Crippen molar-refractivity contribution in [3.05, 3.63) is 68.9 Å². The summed E-state index contributed by atoms with van der Waals surface area (Å²) < 4.78 is 14.2. The molecule has 0 amide bonds. The number of benzene rings is 2. The van der Waals surface area contributed by atoms with Crippen LogP contribution in [0.25, 0.3) is 0 Å². The van der Waals surface area contributed by atoms with Gasteiger partial charge in [-0.3, -0.25) is 0 Å². The smallest absolute Gasteiger partial charge is 0.123 e. The normalized spacial score (nSPS) is 12.4. The molecule has 4 heteroatoms. The zero-order valence-corrected chi connectivity index (χ0v) is 14.0. The van der Waals surface area contributed by atoms with Crippen LogP contribution in [0, 0.1) is 5.82 Å². The maximum absolute atomic E-state index is 13.3. The van der Waals surface area contributed by atoms with Gasteiger partial charge in [-0.15, -0.1) is 0 Å². The molecule has 0 nitrogen and oxygen atoms in total. The van der Waals surface area contributed by atoms with E-state index >= 15 is 0 Å². The average Bonchev–Trinajstić information content (AvgIpc) is 2.41. The maximum atomic E-state index is 13.3. The number of hydrogen-bond acceptors (Lipinski definition) is 0. The van der Waals surface area contributed by atoms with Gasteiger partial charge in [0, 0.05) is 14.8 Å². The molecule has 1 unspecified atom stereocenters. The second-order valence-corrected chi connectivity index (χ2v) is 6.28. The van der Waals surface area contributed by atoms with Gasteiger partial charge in [0.1, 0.15) is 5.82 Å². The topological polar surface area (TPSA) is 0 Å². The lowest BCUT2D eigenvalue weighted by atomic mass is 9.94. The summed E-state index contributed by atoms with van der Waals surface area (Å²) in [6, 6.07) is 12.6. The van der Waals surface area contributed by atoms with Crippen molar-refractivity contribution in [3.8, 4) is 0 Å². The first-order valence-corrected chi connectivity index (χ1v) is 8.14. The molecule has 0 saturated carbocycles. The first-order chi connectivity index (χ1) is 9.10. The van der Waals surface area contributed by atoms with Gasteiger partial charge in [-0.1, -0.05) is 55.6 Å². The number of rotatable bonds is 4. The standard InChI is InChI=1S/C15H12Br2ClF/c16-9-12(10-1-3-13(18)4-2-10)7-11-8-14(19)5-6-15(11)17/h1-6,8,12H,7,9H2. The highest BCUT2D eigenvalue weighted by Gasteiger charge is 2.13. The van der Waals surface area contributed by atoms with E-state index in [2.05, 4.69) is 31.9 Å². The molecular formula is C15H12Br2ClF. The third-order valence-electron chi connectivity index (χ3n) is 3.00. The number of alkyl halides is 1. The quantitative estimate of drug-likeness (QED) is 0.550. The van der Waals surface area contributed by atoms with Crippen molar-refractivity contribution in [3.63, 3.8) is 0 Å². The molecule has 2 rings (SSSR count). The van der Waals surface area contributed by atoms with Gasteiger partial charge in [0.2, 0.25) is 0 Å². The first kappa shape index (κ1) is 15.0. The summed E-state index contributed by atoms with van der Waals surface area (Å²) >= 11 is 12.9. The summed E-state index contributed by atoms with van der Waals surface area (Å²) in [7, 11) is 0. The lowest BCUT2D eigenvalue weighted by molar-refractivity contribution is 0.623. The number of hydrogen-bond donors (Lipinski definition) is 0. The van der Waals surface area contributed by atoms with E-state index in [1.54, 1.807) is 12.1 Å². The van der Waals surface area contributed by atoms with Crippen molar-refractivity contribution in [2.75, 3.05) is 5.33 Å². The Morgan fingerprint density at radius 1 is 1.11 bits per heavy atom. The van der Waals surface area contributed by atoms with Crippen LogP contribution in [0.15, 0.2) is 46.9 Å². The summed E-state index contributed by atoms with van der Waals surface area (Å²) in [5.41, 5.74) is 2.16. The Hall–Kier alpha value is -0.380. The molecule has 1 atom stereocenters. The van der Waals surface area contributed by atoms with E-state index in [0.717, 1.165) is 26.8 Å². The van der Waals surface area contributed by atoms with Gasteiger partial charge in [-0.25, -0.2) is 4.39 Å². The van der Waals surface area contributed by atoms with Crippen molar-refractivity contribution in [2.24, 2.45) is 0 Å². The Morgan fingerprint density at radius 2 is 1.79 bits per heavy atom. The van der Waals surface area contributed by atoms with Gasteiger partial charge in [0.05, 0.1) is 0 Å². The van der Waals surface area contributed by atoms with Crippen molar-refractivity contribution in [2.45, 2.75) is 12.3 Å². The summed E-state index contributed by atoms with van der Waals surface area (Å²) in [6.45, 7) is 0. The van der Waals surface area contributed by atoms with Gasteiger partial charge >= 0.3 is 0 Å². The Balaban J connectivity index is 2.23. The van der Waals surface area contributed by atoms with Crippen LogP contribution in [-0.4, -0.2) is 5.33 Å². The number of halogens is 4. The largest absolute Gasteiger partial charge is 0.207 e. The predicted octanol–water partition coefficient (Wildman–Crippen LogP) is 5.96. The first-order valence-electron chi connectivity index (χ1n) is 5.85. The van der Waals surface area contributed by atoms with Gasteiger partial charge in [0.15, 0.2) is 0 Å². The SMILES string of the molecule is Fc1ccc(Br)c(CC(CBr)c2ccc(Cl)cc2)c1. The molecule has 0 aliphatic heterocycles. The molecule has 0 bridgehead atoms. The molecule has 0 fully saturated rings. The van der Waals surface area contributed by atoms with E-state index in [1.807, 2.05) is 24.3 Å². The third kappa shape index (κ3) is 4.04. The van der Waals surface area contributed by atoms with E-state index in [-0.39, 0.29) is 11.7 Å². The fraction of sp³-hybridized carbons (Fsp3) is 0.200. The lowest BCUT2D eigenvalue weighted by Gasteiger charge is -2.16. The fourth-order valence-electron chi connectivity index (χ4n) is 1.96. The molecule has 0 radical (unpaired) electrons. The monoisotopic (exact) mass is 404 g/mol. The second-order valence-electron chi connectivity index (χ2n) is 4.34. The minimum Gasteiger partial charge on any atom is -0.207 e. The fourth-order valence-corrected chi connectivity index (χ4v) is 3.10. The van der Waals surface area contributed by atoms with Crippen LogP contribution in [0.5, 0.6) is 0 Å². The lowest BCUT2D eigenvalue weighted by Crippen LogP contribution is -2.05. The van der Waals surface area contributed by atoms with Crippen LogP contribution in [0.4, 0.5) is 4.39 Å². The van der Waals surface area contributed by atoms with Gasteiger partial charge in [-0.2, -0.15) is 0 Å². The Morgan fingerprint density at radius 3 is 2.42 bits per heavy atom. The average molecular weight is 407 g/mol. The highest BCUT2D eigenvalue weighted by atomic mass is 79.9. The predicted molar refractivity (Wildman–Crippen MR) is 85.8 cm³/mol. The van der Waals surface area contributed by atoms with Crippen LogP contribution in [-0.2, 0) is 6.42 Å². The molecule has 0 heterocycles. The van der Waals surface area contributed by atoms with Gasteiger partial charge < -0.3 is 0 Å². The Bertz CT molecular complexity index is 555. The zero-order chi connectivity index (χ0) is 13.8. The maximum Gasteiger partial charge on any atom is 0.123 e. The zero-order valence-electron chi connectivity index (χ0n) is 10.0.